The summed E-state index contributed by atoms with van der Waals surface area (Å²) in [6.45, 7) is 0. The minimum Gasteiger partial charge on any atom is -0.454 e. The number of rotatable bonds is 1. The Bertz CT molecular complexity index is 2020. The Labute approximate surface area is 188 Å². The standard InChI is InChI=1S/C30H18N2O/c1-2-8-18(9-3-1)32-26-13-7-5-11-20(26)23-16-24-22-15-14-21-19-10-4-6-12-25(19)31-29(21)30(22)33-28(24)17-27(23)32/h1-17,31H. The van der Waals surface area contributed by atoms with Crippen molar-refractivity contribution in [3.63, 3.8) is 0 Å². The average molecular weight is 422 g/mol. The van der Waals surface area contributed by atoms with Gasteiger partial charge in [0.1, 0.15) is 5.58 Å². The van der Waals surface area contributed by atoms with Gasteiger partial charge in [-0.1, -0.05) is 60.7 Å². The number of nitrogens with one attached hydrogen (secondary N) is 1. The number of aromatic nitrogens is 2. The molecule has 0 aliphatic carbocycles. The molecule has 0 saturated heterocycles. The lowest BCUT2D eigenvalue weighted by atomic mass is 10.1. The third-order valence-corrected chi connectivity index (χ3v) is 6.93. The number of H-pyrrole nitrogens is 1. The van der Waals surface area contributed by atoms with Gasteiger partial charge in [0.25, 0.3) is 0 Å². The van der Waals surface area contributed by atoms with E-state index in [0.717, 1.165) is 44.2 Å². The fourth-order valence-corrected chi connectivity index (χ4v) is 5.47. The first-order chi connectivity index (χ1) is 16.4. The number of nitrogens with zero attached hydrogens (tertiary/aromatic N) is 1. The predicted octanol–water partition coefficient (Wildman–Crippen LogP) is 8.32. The molecule has 0 atom stereocenters. The molecule has 0 saturated carbocycles. The van der Waals surface area contributed by atoms with Crippen LogP contribution in [0, 0.1) is 0 Å². The minimum atomic E-state index is 0.906. The Balaban J connectivity index is 1.54. The average Bonchev–Trinajstić information content (AvgIpc) is 3.52. The van der Waals surface area contributed by atoms with Crippen LogP contribution in [-0.2, 0) is 0 Å². The van der Waals surface area contributed by atoms with Crippen molar-refractivity contribution in [3.05, 3.63) is 103 Å². The van der Waals surface area contributed by atoms with Crippen molar-refractivity contribution in [2.45, 2.75) is 0 Å². The van der Waals surface area contributed by atoms with Crippen LogP contribution in [0.1, 0.15) is 0 Å². The summed E-state index contributed by atoms with van der Waals surface area (Å²) in [4.78, 5) is 3.59. The summed E-state index contributed by atoms with van der Waals surface area (Å²) in [5.41, 5.74) is 7.52. The first kappa shape index (κ1) is 17.1. The van der Waals surface area contributed by atoms with Crippen molar-refractivity contribution in [1.82, 2.24) is 9.55 Å². The first-order valence-corrected chi connectivity index (χ1v) is 11.2. The molecule has 0 unspecified atom stereocenters. The lowest BCUT2D eigenvalue weighted by Crippen LogP contribution is -1.92. The maximum atomic E-state index is 6.55. The number of hydrogen-bond acceptors (Lipinski definition) is 1. The van der Waals surface area contributed by atoms with Crippen LogP contribution in [0.15, 0.2) is 108 Å². The van der Waals surface area contributed by atoms with Gasteiger partial charge in [0.05, 0.1) is 16.6 Å². The highest BCUT2D eigenvalue weighted by Crippen LogP contribution is 2.40. The van der Waals surface area contributed by atoms with Gasteiger partial charge in [-0.3, -0.25) is 0 Å². The van der Waals surface area contributed by atoms with E-state index in [1.54, 1.807) is 0 Å². The molecule has 1 N–H and O–H groups in total. The van der Waals surface area contributed by atoms with Crippen LogP contribution in [0.2, 0.25) is 0 Å². The van der Waals surface area contributed by atoms with E-state index in [2.05, 4.69) is 113 Å². The van der Waals surface area contributed by atoms with Crippen molar-refractivity contribution < 1.29 is 4.42 Å². The predicted molar refractivity (Wildman–Crippen MR) is 137 cm³/mol. The number of para-hydroxylation sites is 3. The largest absolute Gasteiger partial charge is 0.454 e. The molecular weight excluding hydrogens is 404 g/mol. The second-order valence-electron chi connectivity index (χ2n) is 8.69. The molecule has 0 aliphatic rings. The van der Waals surface area contributed by atoms with Gasteiger partial charge in [0, 0.05) is 49.6 Å². The van der Waals surface area contributed by atoms with Crippen LogP contribution in [0.5, 0.6) is 0 Å². The van der Waals surface area contributed by atoms with E-state index in [1.807, 2.05) is 0 Å². The Kier molecular flexibility index (Phi) is 3.14. The SMILES string of the molecule is c1ccc(-n2c3ccccc3c3cc4c(cc32)oc2c4ccc3c4ccccc4[nH]c32)cc1. The quantitative estimate of drug-likeness (QED) is 0.283. The van der Waals surface area contributed by atoms with Crippen molar-refractivity contribution in [2.75, 3.05) is 0 Å². The lowest BCUT2D eigenvalue weighted by Gasteiger charge is -2.07. The first-order valence-electron chi connectivity index (χ1n) is 11.2. The maximum absolute atomic E-state index is 6.55. The summed E-state index contributed by atoms with van der Waals surface area (Å²) >= 11 is 0. The van der Waals surface area contributed by atoms with Crippen molar-refractivity contribution in [2.24, 2.45) is 0 Å². The molecule has 3 heterocycles. The van der Waals surface area contributed by atoms with Gasteiger partial charge >= 0.3 is 0 Å². The second-order valence-corrected chi connectivity index (χ2v) is 8.69. The van der Waals surface area contributed by atoms with Crippen molar-refractivity contribution in [3.8, 4) is 5.69 Å². The molecule has 5 aromatic carbocycles. The molecule has 0 bridgehead atoms. The smallest absolute Gasteiger partial charge is 0.159 e. The number of aromatic amines is 1. The molecule has 0 spiro atoms. The van der Waals surface area contributed by atoms with E-state index in [4.69, 9.17) is 4.42 Å². The molecule has 0 fully saturated rings. The van der Waals surface area contributed by atoms with E-state index in [-0.39, 0.29) is 0 Å². The molecule has 3 aromatic heterocycles. The molecule has 0 aliphatic heterocycles. The highest BCUT2D eigenvalue weighted by Gasteiger charge is 2.18. The Morgan fingerprint density at radius 2 is 1.30 bits per heavy atom. The van der Waals surface area contributed by atoms with Crippen molar-refractivity contribution in [1.29, 1.82) is 0 Å². The van der Waals surface area contributed by atoms with Gasteiger partial charge in [-0.2, -0.15) is 0 Å². The third kappa shape index (κ3) is 2.18. The molecule has 154 valence electrons. The molecule has 33 heavy (non-hydrogen) atoms. The van der Waals surface area contributed by atoms with Crippen LogP contribution in [0.3, 0.4) is 0 Å². The molecule has 3 nitrogen and oxygen atoms in total. The van der Waals surface area contributed by atoms with E-state index in [1.165, 1.54) is 27.1 Å². The van der Waals surface area contributed by atoms with Gasteiger partial charge in [-0.15, -0.1) is 0 Å². The van der Waals surface area contributed by atoms with Crippen molar-refractivity contribution >= 4 is 65.6 Å². The van der Waals surface area contributed by atoms with Crippen LogP contribution in [0.4, 0.5) is 0 Å². The van der Waals surface area contributed by atoms with Gasteiger partial charge in [0.2, 0.25) is 0 Å². The molecule has 8 aromatic rings. The zero-order valence-electron chi connectivity index (χ0n) is 17.7. The van der Waals surface area contributed by atoms with Crippen LogP contribution in [0.25, 0.3) is 71.2 Å². The topological polar surface area (TPSA) is 33.9 Å². The van der Waals surface area contributed by atoms with Crippen LogP contribution >= 0.6 is 0 Å². The minimum absolute atomic E-state index is 0.906. The normalized spacial score (nSPS) is 12.2. The summed E-state index contributed by atoms with van der Waals surface area (Å²) in [6.07, 6.45) is 0. The summed E-state index contributed by atoms with van der Waals surface area (Å²) in [7, 11) is 0. The van der Waals surface area contributed by atoms with Gasteiger partial charge in [-0.25, -0.2) is 0 Å². The molecule has 8 rings (SSSR count). The number of benzene rings is 5. The van der Waals surface area contributed by atoms with Gasteiger partial charge in [-0.05, 0) is 36.4 Å². The van der Waals surface area contributed by atoms with E-state index in [9.17, 15) is 0 Å². The second kappa shape index (κ2) is 6.05. The molecule has 0 amide bonds. The van der Waals surface area contributed by atoms with Gasteiger partial charge < -0.3 is 14.0 Å². The Hall–Kier alpha value is -4.50. The third-order valence-electron chi connectivity index (χ3n) is 6.93. The Morgan fingerprint density at radius 3 is 2.21 bits per heavy atom. The number of furan rings is 1. The zero-order valence-corrected chi connectivity index (χ0v) is 17.7. The maximum Gasteiger partial charge on any atom is 0.159 e. The van der Waals surface area contributed by atoms with E-state index >= 15 is 0 Å². The highest BCUT2D eigenvalue weighted by atomic mass is 16.3. The monoisotopic (exact) mass is 422 g/mol. The fourth-order valence-electron chi connectivity index (χ4n) is 5.47. The molecule has 3 heteroatoms. The van der Waals surface area contributed by atoms with Crippen LogP contribution < -0.4 is 0 Å². The molecular formula is C30H18N2O. The van der Waals surface area contributed by atoms with E-state index in [0.29, 0.717) is 0 Å². The van der Waals surface area contributed by atoms with Crippen LogP contribution in [-0.4, -0.2) is 9.55 Å². The summed E-state index contributed by atoms with van der Waals surface area (Å²) in [5, 5.41) is 7.19. The lowest BCUT2D eigenvalue weighted by molar-refractivity contribution is 0.672. The molecule has 0 radical (unpaired) electrons. The van der Waals surface area contributed by atoms with Gasteiger partial charge in [0.15, 0.2) is 5.58 Å². The van der Waals surface area contributed by atoms with E-state index < -0.39 is 0 Å². The Morgan fingerprint density at radius 1 is 0.545 bits per heavy atom. The summed E-state index contributed by atoms with van der Waals surface area (Å²) < 4.78 is 8.87. The highest BCUT2D eigenvalue weighted by molar-refractivity contribution is 6.23. The number of fused-ring (bicyclic) bond motifs is 10. The zero-order chi connectivity index (χ0) is 21.5. The number of hydrogen-bond donors (Lipinski definition) is 1. The summed E-state index contributed by atoms with van der Waals surface area (Å²) in [6, 6.07) is 36.5. The summed E-state index contributed by atoms with van der Waals surface area (Å²) in [5.74, 6) is 0. The fraction of sp³-hybridized carbons (Fsp3) is 0.